The topological polar surface area (TPSA) is 86.1 Å². The number of thioether (sulfide) groups is 1. The number of ether oxygens (including phenoxy) is 1. The average molecular weight is 384 g/mol. The van der Waals surface area contributed by atoms with Gasteiger partial charge in [-0.1, -0.05) is 48.0 Å². The van der Waals surface area contributed by atoms with E-state index in [4.69, 9.17) is 11.2 Å². The van der Waals surface area contributed by atoms with Gasteiger partial charge in [-0.3, -0.25) is 9.59 Å². The molecule has 1 amide bonds. The second-order valence-corrected chi connectivity index (χ2v) is 7.06. The van der Waals surface area contributed by atoms with Gasteiger partial charge in [0.05, 0.1) is 18.8 Å². The summed E-state index contributed by atoms with van der Waals surface area (Å²) in [4.78, 5) is 23.3. The molecule has 0 saturated heterocycles. The molecule has 1 fully saturated rings. The Labute approximate surface area is 161 Å². The summed E-state index contributed by atoms with van der Waals surface area (Å²) < 4.78 is 7.01. The molecule has 1 N–H and O–H groups in total. The summed E-state index contributed by atoms with van der Waals surface area (Å²) in [6.45, 7) is 0.425. The van der Waals surface area contributed by atoms with E-state index in [1.807, 2.05) is 30.3 Å². The maximum atomic E-state index is 11.9. The normalized spacial score (nSPS) is 13.0. The summed E-state index contributed by atoms with van der Waals surface area (Å²) in [7, 11) is 0. The van der Waals surface area contributed by atoms with Crippen molar-refractivity contribution in [1.82, 2.24) is 20.1 Å². The Morgan fingerprint density at radius 1 is 1.30 bits per heavy atom. The van der Waals surface area contributed by atoms with Crippen molar-refractivity contribution >= 4 is 23.6 Å². The van der Waals surface area contributed by atoms with E-state index in [9.17, 15) is 9.59 Å². The van der Waals surface area contributed by atoms with E-state index in [1.165, 1.54) is 11.8 Å². The number of amides is 1. The molecule has 0 spiro atoms. The molecule has 3 rings (SSSR count). The van der Waals surface area contributed by atoms with E-state index < -0.39 is 11.9 Å². The van der Waals surface area contributed by atoms with Crippen LogP contribution in [-0.2, 0) is 20.9 Å². The first kappa shape index (κ1) is 19.0. The third-order valence-corrected chi connectivity index (χ3v) is 4.88. The number of terminal acetylenes is 1. The molecule has 7 nitrogen and oxygen atoms in total. The highest BCUT2D eigenvalue weighted by Crippen LogP contribution is 2.40. The monoisotopic (exact) mass is 384 g/mol. The summed E-state index contributed by atoms with van der Waals surface area (Å²) in [5.41, 5.74) is 1.15. The quantitative estimate of drug-likeness (QED) is 0.401. The van der Waals surface area contributed by atoms with Crippen LogP contribution in [0.2, 0.25) is 0 Å². The van der Waals surface area contributed by atoms with E-state index in [2.05, 4.69) is 26.0 Å². The first-order valence-corrected chi connectivity index (χ1v) is 9.61. The highest BCUT2D eigenvalue weighted by atomic mass is 32.2. The lowest BCUT2D eigenvalue weighted by Gasteiger charge is -2.10. The number of esters is 1. The van der Waals surface area contributed by atoms with Crippen molar-refractivity contribution < 1.29 is 14.3 Å². The molecule has 0 aliphatic heterocycles. The Balaban J connectivity index is 1.57. The molecule has 1 saturated carbocycles. The minimum Gasteiger partial charge on any atom is -0.455 e. The summed E-state index contributed by atoms with van der Waals surface area (Å²) in [5, 5.41) is 11.7. The Bertz CT molecular complexity index is 840. The van der Waals surface area contributed by atoms with Crippen molar-refractivity contribution in [2.24, 2.45) is 0 Å². The number of nitrogens with zero attached hydrogens (tertiary/aromatic N) is 3. The first-order chi connectivity index (χ1) is 13.2. The number of hydrogen-bond acceptors (Lipinski definition) is 6. The lowest BCUT2D eigenvalue weighted by atomic mass is 10.2. The molecule has 0 radical (unpaired) electrons. The summed E-state index contributed by atoms with van der Waals surface area (Å²) in [6.07, 6.45) is 7.29. The van der Waals surface area contributed by atoms with Crippen molar-refractivity contribution in [2.75, 3.05) is 18.9 Å². The van der Waals surface area contributed by atoms with Gasteiger partial charge in [-0.05, 0) is 18.4 Å². The van der Waals surface area contributed by atoms with Crippen LogP contribution in [0.4, 0.5) is 0 Å². The number of rotatable bonds is 9. The number of nitrogens with one attached hydrogen (secondary N) is 1. The van der Waals surface area contributed by atoms with Crippen LogP contribution in [0.25, 0.3) is 0 Å². The van der Waals surface area contributed by atoms with Crippen molar-refractivity contribution in [2.45, 2.75) is 30.5 Å². The van der Waals surface area contributed by atoms with Gasteiger partial charge in [0.15, 0.2) is 11.8 Å². The van der Waals surface area contributed by atoms with Crippen molar-refractivity contribution in [3.05, 3.63) is 41.7 Å². The fourth-order valence-electron chi connectivity index (χ4n) is 2.48. The molecule has 0 bridgehead atoms. The molecular weight excluding hydrogens is 364 g/mol. The van der Waals surface area contributed by atoms with E-state index in [1.54, 1.807) is 0 Å². The van der Waals surface area contributed by atoms with Gasteiger partial charge in [0.1, 0.15) is 5.82 Å². The SMILES string of the molecule is C#CCNC(=O)COC(=O)CSc1nnc(C2CC2)n1Cc1ccccc1. The first-order valence-electron chi connectivity index (χ1n) is 8.63. The fraction of sp³-hybridized carbons (Fsp3) is 0.368. The average Bonchev–Trinajstić information content (AvgIpc) is 3.46. The van der Waals surface area contributed by atoms with Gasteiger partial charge in [0.2, 0.25) is 0 Å². The molecule has 1 heterocycles. The summed E-state index contributed by atoms with van der Waals surface area (Å²) in [5.74, 6) is 2.84. The van der Waals surface area contributed by atoms with Crippen LogP contribution in [0, 0.1) is 12.3 Å². The lowest BCUT2D eigenvalue weighted by Crippen LogP contribution is -2.29. The van der Waals surface area contributed by atoms with E-state index in [0.29, 0.717) is 17.6 Å². The minimum atomic E-state index is -0.488. The number of benzene rings is 1. The maximum absolute atomic E-state index is 11.9. The van der Waals surface area contributed by atoms with Crippen LogP contribution in [0.5, 0.6) is 0 Å². The molecule has 0 atom stereocenters. The number of aromatic nitrogens is 3. The summed E-state index contributed by atoms with van der Waals surface area (Å²) >= 11 is 1.26. The predicted octanol–water partition coefficient (Wildman–Crippen LogP) is 1.59. The van der Waals surface area contributed by atoms with E-state index >= 15 is 0 Å². The highest BCUT2D eigenvalue weighted by molar-refractivity contribution is 7.99. The Morgan fingerprint density at radius 3 is 2.78 bits per heavy atom. The van der Waals surface area contributed by atoms with Gasteiger partial charge in [-0.2, -0.15) is 0 Å². The number of carbonyl (C=O) groups is 2. The van der Waals surface area contributed by atoms with Crippen molar-refractivity contribution in [3.63, 3.8) is 0 Å². The van der Waals surface area contributed by atoms with Crippen LogP contribution >= 0.6 is 11.8 Å². The van der Waals surface area contributed by atoms with Gasteiger partial charge >= 0.3 is 5.97 Å². The van der Waals surface area contributed by atoms with Crippen LogP contribution in [-0.4, -0.2) is 45.5 Å². The minimum absolute atomic E-state index is 0.0556. The molecule has 1 aliphatic carbocycles. The molecule has 27 heavy (non-hydrogen) atoms. The molecular formula is C19H20N4O3S. The van der Waals surface area contributed by atoms with Gasteiger partial charge in [0, 0.05) is 5.92 Å². The molecule has 2 aromatic rings. The largest absolute Gasteiger partial charge is 0.455 e. The van der Waals surface area contributed by atoms with Crippen LogP contribution < -0.4 is 5.32 Å². The second-order valence-electron chi connectivity index (χ2n) is 6.12. The van der Waals surface area contributed by atoms with Crippen LogP contribution in [0.15, 0.2) is 35.5 Å². The van der Waals surface area contributed by atoms with Gasteiger partial charge in [-0.25, -0.2) is 0 Å². The molecule has 140 valence electrons. The molecule has 0 unspecified atom stereocenters. The molecule has 1 aromatic heterocycles. The number of hydrogen-bond donors (Lipinski definition) is 1. The zero-order chi connectivity index (χ0) is 19.1. The van der Waals surface area contributed by atoms with Gasteiger partial charge in [0.25, 0.3) is 5.91 Å². The fourth-order valence-corrected chi connectivity index (χ4v) is 3.22. The van der Waals surface area contributed by atoms with E-state index in [-0.39, 0.29) is 18.9 Å². The molecule has 1 aromatic carbocycles. The molecule has 1 aliphatic rings. The van der Waals surface area contributed by atoms with Gasteiger partial charge in [-0.15, -0.1) is 16.6 Å². The zero-order valence-corrected chi connectivity index (χ0v) is 15.6. The Kier molecular flexibility index (Phi) is 6.49. The molecule has 8 heteroatoms. The summed E-state index contributed by atoms with van der Waals surface area (Å²) in [6, 6.07) is 10.1. The Hall–Kier alpha value is -2.79. The predicted molar refractivity (Wildman–Crippen MR) is 101 cm³/mol. The van der Waals surface area contributed by atoms with Crippen molar-refractivity contribution in [1.29, 1.82) is 0 Å². The smallest absolute Gasteiger partial charge is 0.316 e. The van der Waals surface area contributed by atoms with Crippen LogP contribution in [0.3, 0.4) is 0 Å². The van der Waals surface area contributed by atoms with E-state index in [0.717, 1.165) is 24.2 Å². The lowest BCUT2D eigenvalue weighted by molar-refractivity contribution is -0.145. The Morgan fingerprint density at radius 2 is 2.07 bits per heavy atom. The second kappa shape index (κ2) is 9.24. The van der Waals surface area contributed by atoms with Gasteiger partial charge < -0.3 is 14.6 Å². The highest BCUT2D eigenvalue weighted by Gasteiger charge is 2.30. The third-order valence-electron chi connectivity index (χ3n) is 3.94. The maximum Gasteiger partial charge on any atom is 0.316 e. The zero-order valence-electron chi connectivity index (χ0n) is 14.8. The van der Waals surface area contributed by atoms with Crippen LogP contribution in [0.1, 0.15) is 30.1 Å². The third kappa shape index (κ3) is 5.59. The van der Waals surface area contributed by atoms with Crippen molar-refractivity contribution in [3.8, 4) is 12.3 Å². The standard InChI is InChI=1S/C19H20N4O3S/c1-2-10-20-16(24)12-26-17(25)13-27-19-22-21-18(15-8-9-15)23(19)11-14-6-4-3-5-7-14/h1,3-7,15H,8-13H2,(H,20,24). The number of carbonyl (C=O) groups excluding carboxylic acids is 2.